The van der Waals surface area contributed by atoms with Crippen LogP contribution in [0.5, 0.6) is 17.2 Å². The molecule has 1 heterocycles. The molecular weight excluding hydrogens is 860 g/mol. The van der Waals surface area contributed by atoms with Crippen LogP contribution in [-0.2, 0) is 44.4 Å². The predicted octanol–water partition coefficient (Wildman–Crippen LogP) is 10.4. The maximum absolute atomic E-state index is 14.3. The molecule has 4 aromatic rings. The minimum absolute atomic E-state index is 0.0380. The van der Waals surface area contributed by atoms with Crippen molar-refractivity contribution in [2.24, 2.45) is 23.7 Å². The number of hydrogen-bond donors (Lipinski definition) is 0. The summed E-state index contributed by atoms with van der Waals surface area (Å²) in [4.78, 5) is 15.9. The zero-order valence-electron chi connectivity index (χ0n) is 39.0. The Kier molecular flexibility index (Phi) is 14.0. The Balaban J connectivity index is 0.992. The molecule has 1 spiro atoms. The number of sulfonamides is 1. The summed E-state index contributed by atoms with van der Waals surface area (Å²) in [6, 6.07) is 27.1. The van der Waals surface area contributed by atoms with Crippen molar-refractivity contribution >= 4 is 33.3 Å². The number of esters is 1. The van der Waals surface area contributed by atoms with Gasteiger partial charge in [0.05, 0.1) is 43.9 Å². The quantitative estimate of drug-likeness (QED) is 0.0803. The molecule has 4 aromatic carbocycles. The maximum atomic E-state index is 14.3. The van der Waals surface area contributed by atoms with E-state index < -0.39 is 15.6 Å². The van der Waals surface area contributed by atoms with Crippen LogP contribution in [0, 0.1) is 23.7 Å². The predicted molar refractivity (Wildman–Crippen MR) is 257 cm³/mol. The smallest absolute Gasteiger partial charge is 0.338 e. The van der Waals surface area contributed by atoms with Gasteiger partial charge in [0, 0.05) is 43.7 Å². The number of fused-ring (bicyclic) bond motifs is 3. The third-order valence-corrected chi connectivity index (χ3v) is 16.4. The van der Waals surface area contributed by atoms with Gasteiger partial charge < -0.3 is 28.6 Å². The van der Waals surface area contributed by atoms with Crippen LogP contribution in [-0.4, -0.2) is 77.2 Å². The highest BCUT2D eigenvalue weighted by atomic mass is 35.5. The average molecular weight is 926 g/mol. The Labute approximate surface area is 391 Å². The van der Waals surface area contributed by atoms with Crippen LogP contribution >= 0.6 is 11.6 Å². The van der Waals surface area contributed by atoms with Gasteiger partial charge in [0.25, 0.3) is 0 Å². The fourth-order valence-corrected chi connectivity index (χ4v) is 12.5. The Bertz CT molecular complexity index is 2420. The fraction of sp³-hybridized carbons (Fsp3) is 0.491. The summed E-state index contributed by atoms with van der Waals surface area (Å²) in [6.45, 7) is 10.3. The summed E-state index contributed by atoms with van der Waals surface area (Å²) in [7, 11) is 1.38. The number of carbonyl (C=O) groups is 1. The van der Waals surface area contributed by atoms with Gasteiger partial charge in [-0.1, -0.05) is 54.9 Å². The molecule has 1 fully saturated rings. The molecule has 348 valence electrons. The number of ether oxygens (including phenoxy) is 5. The van der Waals surface area contributed by atoms with Crippen LogP contribution in [0.3, 0.4) is 0 Å². The van der Waals surface area contributed by atoms with Gasteiger partial charge in [-0.15, -0.1) is 0 Å². The number of carbonyl (C=O) groups excluding carboxylic acids is 1. The summed E-state index contributed by atoms with van der Waals surface area (Å²) in [5, 5.41) is 0.750. The highest BCUT2D eigenvalue weighted by Gasteiger charge is 2.46. The molecule has 12 heteroatoms. The normalized spacial score (nSPS) is 22.6. The van der Waals surface area contributed by atoms with Crippen LogP contribution in [0.1, 0.15) is 92.4 Å². The molecular formula is C53H65ClN2O8S. The zero-order chi connectivity index (χ0) is 46.1. The monoisotopic (exact) mass is 924 g/mol. The van der Waals surface area contributed by atoms with Crippen molar-refractivity contribution in [1.29, 1.82) is 0 Å². The number of nitrogens with zero attached hydrogens (tertiary/aromatic N) is 2. The van der Waals surface area contributed by atoms with Crippen molar-refractivity contribution in [2.45, 2.75) is 96.4 Å². The van der Waals surface area contributed by atoms with Crippen molar-refractivity contribution < 1.29 is 36.9 Å². The van der Waals surface area contributed by atoms with Crippen molar-refractivity contribution in [1.82, 2.24) is 4.31 Å². The Hall–Kier alpha value is -4.55. The summed E-state index contributed by atoms with van der Waals surface area (Å²) in [5.41, 5.74) is 6.16. The third-order valence-electron chi connectivity index (χ3n) is 14.1. The van der Waals surface area contributed by atoms with E-state index in [1.807, 2.05) is 93.6 Å². The fourth-order valence-electron chi connectivity index (χ4n) is 10.5. The molecule has 10 nitrogen and oxygen atoms in total. The topological polar surface area (TPSA) is 104 Å². The molecule has 1 aliphatic heterocycles. The Morgan fingerprint density at radius 3 is 2.17 bits per heavy atom. The lowest BCUT2D eigenvalue weighted by molar-refractivity contribution is -0.000292. The SMILES string of the molecule is COc1ccc(CN(Cc2ccc(OC)cc2)S(=O)(=O)C[C@@H](C)[C@@H]2C=C([C@H](OC)[C@@H]3CC[C@H]3CN3C[C@@]4(CCCc5cc(Cl)ccc54)COc4ccc(C(=O)OC(C)(C)C)cc43)C2)cc1. The molecule has 0 unspecified atom stereocenters. The van der Waals surface area contributed by atoms with Crippen molar-refractivity contribution in [2.75, 3.05) is 51.7 Å². The summed E-state index contributed by atoms with van der Waals surface area (Å²) in [5.74, 6) is 2.57. The number of halogens is 1. The second kappa shape index (κ2) is 19.4. The van der Waals surface area contributed by atoms with Crippen LogP contribution in [0.15, 0.2) is 96.6 Å². The van der Waals surface area contributed by atoms with E-state index in [9.17, 15) is 13.2 Å². The first-order chi connectivity index (χ1) is 31.1. The molecule has 4 aliphatic rings. The molecule has 0 aromatic heterocycles. The number of allylic oxidation sites excluding steroid dienone is 1. The number of hydrogen-bond acceptors (Lipinski definition) is 9. The highest BCUT2D eigenvalue weighted by molar-refractivity contribution is 7.89. The number of anilines is 1. The second-order valence-electron chi connectivity index (χ2n) is 19.8. The molecule has 0 amide bonds. The van der Waals surface area contributed by atoms with Crippen LogP contribution in [0.25, 0.3) is 0 Å². The van der Waals surface area contributed by atoms with E-state index >= 15 is 0 Å². The molecule has 0 radical (unpaired) electrons. The maximum Gasteiger partial charge on any atom is 0.338 e. The Morgan fingerprint density at radius 2 is 1.58 bits per heavy atom. The molecule has 8 rings (SSSR count). The van der Waals surface area contributed by atoms with E-state index in [1.54, 1.807) is 25.6 Å². The molecule has 0 bridgehead atoms. The number of methoxy groups -OCH3 is 3. The van der Waals surface area contributed by atoms with Crippen molar-refractivity contribution in [3.8, 4) is 17.2 Å². The summed E-state index contributed by atoms with van der Waals surface area (Å²) < 4.78 is 59.8. The lowest BCUT2D eigenvalue weighted by Crippen LogP contribution is -2.50. The standard InChI is InChI=1S/C53H65ClN2O8S/c1-35(32-65(58,59)56(29-36-10-17-44(60-5)18-11-36)30-37-12-19-45(61-6)20-13-37)41-25-42(26-41)50(62-7)46-21-14-40(46)31-55-33-53(24-8-9-38-27-43(54)16-22-47(38)53)34-63-49-23-15-39(28-48(49)55)51(57)64-52(2,3)4/h10-13,15-20,22-23,25,27-28,35,40-41,46,50H,8-9,14,21,24,26,29-34H2,1-7H3/t35-,40+,41-,46-,50+,53+/m1/s1. The molecule has 1 saturated carbocycles. The molecule has 6 atom stereocenters. The van der Waals surface area contributed by atoms with Crippen molar-refractivity contribution in [3.05, 3.63) is 129 Å². The van der Waals surface area contributed by atoms with Crippen LogP contribution in [0.2, 0.25) is 5.02 Å². The van der Waals surface area contributed by atoms with Crippen LogP contribution < -0.4 is 19.1 Å². The number of benzene rings is 4. The van der Waals surface area contributed by atoms with Gasteiger partial charge in [-0.2, -0.15) is 4.31 Å². The van der Waals surface area contributed by atoms with Crippen molar-refractivity contribution in [3.63, 3.8) is 0 Å². The van der Waals surface area contributed by atoms with E-state index in [-0.39, 0.29) is 48.2 Å². The zero-order valence-corrected chi connectivity index (χ0v) is 40.6. The first kappa shape index (κ1) is 47.0. The summed E-state index contributed by atoms with van der Waals surface area (Å²) >= 11 is 6.53. The van der Waals surface area contributed by atoms with Crippen LogP contribution in [0.4, 0.5) is 5.69 Å². The van der Waals surface area contributed by atoms with Gasteiger partial charge in [0.2, 0.25) is 10.0 Å². The van der Waals surface area contributed by atoms with E-state index in [4.69, 9.17) is 35.3 Å². The molecule has 3 aliphatic carbocycles. The molecule has 0 N–H and O–H groups in total. The molecule has 65 heavy (non-hydrogen) atoms. The third kappa shape index (κ3) is 10.5. The first-order valence-corrected chi connectivity index (χ1v) is 25.1. The molecule has 0 saturated heterocycles. The van der Waals surface area contributed by atoms with Gasteiger partial charge in [-0.25, -0.2) is 13.2 Å². The average Bonchev–Trinajstić information content (AvgIpc) is 3.40. The summed E-state index contributed by atoms with van der Waals surface area (Å²) in [6.07, 6.45) is 8.15. The minimum Gasteiger partial charge on any atom is -0.497 e. The van der Waals surface area contributed by atoms with Gasteiger partial charge in [-0.05, 0) is 165 Å². The van der Waals surface area contributed by atoms with E-state index in [2.05, 4.69) is 30.0 Å². The van der Waals surface area contributed by atoms with E-state index in [1.165, 1.54) is 16.7 Å². The van der Waals surface area contributed by atoms with E-state index in [0.29, 0.717) is 24.0 Å². The van der Waals surface area contributed by atoms with E-state index in [0.717, 1.165) is 90.7 Å². The lowest BCUT2D eigenvalue weighted by atomic mass is 9.64. The van der Waals surface area contributed by atoms with Gasteiger partial charge in [-0.3, -0.25) is 0 Å². The van der Waals surface area contributed by atoms with Gasteiger partial charge >= 0.3 is 5.97 Å². The number of aryl methyl sites for hydroxylation is 1. The van der Waals surface area contributed by atoms with Gasteiger partial charge in [0.1, 0.15) is 22.8 Å². The number of rotatable bonds is 16. The Morgan fingerprint density at radius 1 is 0.923 bits per heavy atom. The first-order valence-electron chi connectivity index (χ1n) is 23.1. The minimum atomic E-state index is -3.67. The largest absolute Gasteiger partial charge is 0.497 e. The lowest BCUT2D eigenvalue weighted by Gasteiger charge is -2.48. The highest BCUT2D eigenvalue weighted by Crippen LogP contribution is 2.49. The second-order valence-corrected chi connectivity index (χ2v) is 22.2. The van der Waals surface area contributed by atoms with Gasteiger partial charge in [0.15, 0.2) is 0 Å².